The Balaban J connectivity index is 1.43. The second kappa shape index (κ2) is 5.30. The van der Waals surface area contributed by atoms with Gasteiger partial charge in [0.2, 0.25) is 0 Å². The molecule has 2 aliphatic heterocycles. The number of amides is 1. The van der Waals surface area contributed by atoms with Gasteiger partial charge in [0.25, 0.3) is 5.91 Å². The minimum absolute atomic E-state index is 0.182. The molecule has 1 saturated heterocycles. The predicted octanol–water partition coefficient (Wildman–Crippen LogP) is 1.27. The summed E-state index contributed by atoms with van der Waals surface area (Å²) in [5.41, 5.74) is 4.42. The van der Waals surface area contributed by atoms with Crippen LogP contribution in [0, 0.1) is 0 Å². The maximum Gasteiger partial charge on any atom is 0.276 e. The van der Waals surface area contributed by atoms with Crippen LogP contribution in [0.1, 0.15) is 47.3 Å². The summed E-state index contributed by atoms with van der Waals surface area (Å²) in [7, 11) is 0. The zero-order valence-corrected chi connectivity index (χ0v) is 12.5. The molecule has 3 aliphatic rings. The molecule has 1 aliphatic carbocycles. The summed E-state index contributed by atoms with van der Waals surface area (Å²) in [6.07, 6.45) is 7.15. The highest BCUT2D eigenvalue weighted by molar-refractivity contribution is 5.93. The van der Waals surface area contributed by atoms with Crippen molar-refractivity contribution >= 4 is 5.91 Å². The van der Waals surface area contributed by atoms with Crippen LogP contribution >= 0.6 is 0 Å². The summed E-state index contributed by atoms with van der Waals surface area (Å²) in [6, 6.07) is 2.45. The number of carbonyl (C=O) groups excluding carboxylic acids is 1. The van der Waals surface area contributed by atoms with E-state index in [0.717, 1.165) is 50.2 Å². The molecule has 0 atom stereocenters. The van der Waals surface area contributed by atoms with Crippen molar-refractivity contribution < 1.29 is 14.7 Å². The van der Waals surface area contributed by atoms with Crippen molar-refractivity contribution in [2.75, 3.05) is 13.2 Å². The number of ether oxygens (including phenoxy) is 1. The zero-order valence-electron chi connectivity index (χ0n) is 12.5. The molecule has 118 valence electrons. The molecule has 6 nitrogen and oxygen atoms in total. The minimum atomic E-state index is -0.503. The first-order valence-electron chi connectivity index (χ1n) is 7.99. The fraction of sp³-hybridized carbons (Fsp3) is 0.625. The lowest BCUT2D eigenvalue weighted by Gasteiger charge is -2.50. The molecule has 1 spiro atoms. The summed E-state index contributed by atoms with van der Waals surface area (Å²) < 4.78 is 5.91. The van der Waals surface area contributed by atoms with E-state index < -0.39 is 5.91 Å². The Morgan fingerprint density at radius 2 is 2.36 bits per heavy atom. The summed E-state index contributed by atoms with van der Waals surface area (Å²) in [5.74, 6) is -0.503. The van der Waals surface area contributed by atoms with E-state index in [9.17, 15) is 4.79 Å². The molecule has 2 N–H and O–H groups in total. The van der Waals surface area contributed by atoms with Gasteiger partial charge in [-0.2, -0.15) is 0 Å². The SMILES string of the molecule is O=C(NO)c1cnc2c(c1)CCN(C1CC3(CCCO3)C1)C2. The smallest absolute Gasteiger partial charge is 0.276 e. The predicted molar refractivity (Wildman–Crippen MR) is 78.5 cm³/mol. The summed E-state index contributed by atoms with van der Waals surface area (Å²) in [4.78, 5) is 18.4. The lowest BCUT2D eigenvalue weighted by atomic mass is 9.73. The van der Waals surface area contributed by atoms with Crippen LogP contribution in [0.2, 0.25) is 0 Å². The van der Waals surface area contributed by atoms with Crippen molar-refractivity contribution in [2.24, 2.45) is 0 Å². The van der Waals surface area contributed by atoms with E-state index in [4.69, 9.17) is 9.94 Å². The molecule has 1 amide bonds. The number of hydrogen-bond acceptors (Lipinski definition) is 5. The van der Waals surface area contributed by atoms with Crippen molar-refractivity contribution in [1.29, 1.82) is 0 Å². The Hall–Kier alpha value is -1.50. The fourth-order valence-corrected chi connectivity index (χ4v) is 4.07. The highest BCUT2D eigenvalue weighted by atomic mass is 16.5. The van der Waals surface area contributed by atoms with Crippen LogP contribution in [0.3, 0.4) is 0 Å². The molecule has 1 aromatic heterocycles. The van der Waals surface area contributed by atoms with Gasteiger partial charge in [-0.1, -0.05) is 0 Å². The molecule has 1 aromatic rings. The lowest BCUT2D eigenvalue weighted by molar-refractivity contribution is -0.108. The van der Waals surface area contributed by atoms with Crippen LogP contribution in [0.5, 0.6) is 0 Å². The number of hydrogen-bond donors (Lipinski definition) is 2. The van der Waals surface area contributed by atoms with Gasteiger partial charge in [-0.05, 0) is 43.7 Å². The number of nitrogens with zero attached hydrogens (tertiary/aromatic N) is 2. The number of aromatic nitrogens is 1. The van der Waals surface area contributed by atoms with E-state index in [1.807, 2.05) is 6.07 Å². The van der Waals surface area contributed by atoms with Crippen molar-refractivity contribution in [2.45, 2.75) is 50.3 Å². The van der Waals surface area contributed by atoms with E-state index >= 15 is 0 Å². The molecule has 4 rings (SSSR count). The van der Waals surface area contributed by atoms with Crippen molar-refractivity contribution in [3.05, 3.63) is 29.1 Å². The van der Waals surface area contributed by atoms with Gasteiger partial charge in [0.1, 0.15) is 0 Å². The van der Waals surface area contributed by atoms with Gasteiger partial charge in [0.15, 0.2) is 0 Å². The van der Waals surface area contributed by atoms with Gasteiger partial charge in [-0.25, -0.2) is 5.48 Å². The minimum Gasteiger partial charge on any atom is -0.375 e. The number of nitrogens with one attached hydrogen (secondary N) is 1. The Labute approximate surface area is 129 Å². The number of hydroxylamine groups is 1. The number of carbonyl (C=O) groups is 1. The molecule has 6 heteroatoms. The van der Waals surface area contributed by atoms with E-state index in [-0.39, 0.29) is 5.60 Å². The van der Waals surface area contributed by atoms with E-state index in [1.165, 1.54) is 19.0 Å². The van der Waals surface area contributed by atoms with Crippen LogP contribution in [0.15, 0.2) is 12.3 Å². The zero-order chi connectivity index (χ0) is 15.2. The molecule has 1 saturated carbocycles. The number of fused-ring (bicyclic) bond motifs is 1. The third-order valence-electron chi connectivity index (χ3n) is 5.36. The molecule has 2 fully saturated rings. The van der Waals surface area contributed by atoms with Crippen LogP contribution < -0.4 is 5.48 Å². The monoisotopic (exact) mass is 303 g/mol. The molecule has 22 heavy (non-hydrogen) atoms. The second-order valence-corrected chi connectivity index (χ2v) is 6.69. The standard InChI is InChI=1S/C16H21N3O3/c20-15(18-21)12-6-11-2-4-19(10-14(11)17-9-12)13-7-16(8-13)3-1-5-22-16/h6,9,13,21H,1-5,7-8,10H2,(H,18,20). The van der Waals surface area contributed by atoms with Gasteiger partial charge < -0.3 is 4.74 Å². The van der Waals surface area contributed by atoms with Gasteiger partial charge in [-0.15, -0.1) is 0 Å². The molecular weight excluding hydrogens is 282 g/mol. The largest absolute Gasteiger partial charge is 0.375 e. The maximum absolute atomic E-state index is 11.4. The fourth-order valence-electron chi connectivity index (χ4n) is 4.07. The molecule has 3 heterocycles. The van der Waals surface area contributed by atoms with E-state index in [0.29, 0.717) is 11.6 Å². The third-order valence-corrected chi connectivity index (χ3v) is 5.36. The van der Waals surface area contributed by atoms with Gasteiger partial charge in [0.05, 0.1) is 16.9 Å². The van der Waals surface area contributed by atoms with Crippen molar-refractivity contribution in [3.63, 3.8) is 0 Å². The molecule has 0 unspecified atom stereocenters. The molecule has 0 radical (unpaired) electrons. The first-order chi connectivity index (χ1) is 10.7. The maximum atomic E-state index is 11.4. The highest BCUT2D eigenvalue weighted by Crippen LogP contribution is 2.46. The number of pyridine rings is 1. The summed E-state index contributed by atoms with van der Waals surface area (Å²) >= 11 is 0. The lowest BCUT2D eigenvalue weighted by Crippen LogP contribution is -2.55. The van der Waals surface area contributed by atoms with Crippen LogP contribution in [-0.2, 0) is 17.7 Å². The Kier molecular flexibility index (Phi) is 3.40. The normalized spacial score (nSPS) is 30.9. The summed E-state index contributed by atoms with van der Waals surface area (Å²) in [6.45, 7) is 2.77. The van der Waals surface area contributed by atoms with E-state index in [2.05, 4.69) is 9.88 Å². The topological polar surface area (TPSA) is 74.7 Å². The number of rotatable bonds is 2. The quantitative estimate of drug-likeness (QED) is 0.636. The van der Waals surface area contributed by atoms with Crippen molar-refractivity contribution in [3.8, 4) is 0 Å². The van der Waals surface area contributed by atoms with Gasteiger partial charge in [-0.3, -0.25) is 19.9 Å². The van der Waals surface area contributed by atoms with Gasteiger partial charge in [0, 0.05) is 31.9 Å². The Morgan fingerprint density at radius 3 is 3.09 bits per heavy atom. The van der Waals surface area contributed by atoms with Crippen LogP contribution in [0.4, 0.5) is 0 Å². The second-order valence-electron chi connectivity index (χ2n) is 6.69. The highest BCUT2D eigenvalue weighted by Gasteiger charge is 2.49. The first kappa shape index (κ1) is 14.1. The first-order valence-corrected chi connectivity index (χ1v) is 7.99. The molecule has 0 aromatic carbocycles. The third kappa shape index (κ3) is 2.31. The Morgan fingerprint density at radius 1 is 1.50 bits per heavy atom. The summed E-state index contributed by atoms with van der Waals surface area (Å²) in [5, 5.41) is 8.70. The molecule has 0 bridgehead atoms. The van der Waals surface area contributed by atoms with Crippen molar-refractivity contribution in [1.82, 2.24) is 15.4 Å². The van der Waals surface area contributed by atoms with E-state index in [1.54, 1.807) is 5.48 Å². The Bertz CT molecular complexity index is 590. The van der Waals surface area contributed by atoms with Crippen LogP contribution in [-0.4, -0.2) is 45.8 Å². The average Bonchev–Trinajstić information content (AvgIpc) is 3.01. The molecular formula is C16H21N3O3. The van der Waals surface area contributed by atoms with Crippen LogP contribution in [0.25, 0.3) is 0 Å². The average molecular weight is 303 g/mol. The van der Waals surface area contributed by atoms with Gasteiger partial charge >= 0.3 is 0 Å².